The predicted octanol–water partition coefficient (Wildman–Crippen LogP) is 9.17. The maximum absolute atomic E-state index is 3.60. The van der Waals surface area contributed by atoms with E-state index in [1.807, 2.05) is 0 Å². The third kappa shape index (κ3) is 7.19. The third-order valence-corrected chi connectivity index (χ3v) is 13.5. The van der Waals surface area contributed by atoms with Crippen molar-refractivity contribution in [2.45, 2.75) is 66.2 Å². The quantitative estimate of drug-likeness (QED) is 0.112. The van der Waals surface area contributed by atoms with Crippen LogP contribution in [0.5, 0.6) is 0 Å². The fourth-order valence-corrected chi connectivity index (χ4v) is 12.1. The van der Waals surface area contributed by atoms with Crippen LogP contribution in [0, 0.1) is 13.8 Å². The van der Waals surface area contributed by atoms with Crippen molar-refractivity contribution in [3.05, 3.63) is 146 Å². The van der Waals surface area contributed by atoms with Gasteiger partial charge in [0.15, 0.2) is 0 Å². The maximum atomic E-state index is 3.60. The first kappa shape index (κ1) is 35.7. The van der Waals surface area contributed by atoms with E-state index in [0.29, 0.717) is 0 Å². The van der Waals surface area contributed by atoms with Crippen molar-refractivity contribution < 1.29 is 26.2 Å². The van der Waals surface area contributed by atoms with Crippen LogP contribution >= 0.6 is 0 Å². The summed E-state index contributed by atoms with van der Waals surface area (Å²) >= 11 is 0. The molecule has 0 saturated heterocycles. The molecule has 6 aromatic carbocycles. The van der Waals surface area contributed by atoms with Crippen molar-refractivity contribution >= 4 is 50.4 Å². The molecule has 0 radical (unpaired) electrons. The first-order chi connectivity index (χ1) is 21.1. The Morgan fingerprint density at radius 3 is 1.14 bits per heavy atom. The molecule has 0 amide bonds. The molecule has 0 aromatic heterocycles. The molecule has 0 unspecified atom stereocenters. The third-order valence-electron chi connectivity index (χ3n) is 8.39. The minimum Gasteiger partial charge on any atom is -0.343 e. The van der Waals surface area contributed by atoms with Gasteiger partial charge in [0.05, 0.1) is 8.07 Å². The van der Waals surface area contributed by atoms with Crippen LogP contribution in [0.2, 0.25) is 0 Å². The smallest absolute Gasteiger partial charge is 0.343 e. The van der Waals surface area contributed by atoms with Crippen LogP contribution in [0.3, 0.4) is 0 Å². The Bertz CT molecular complexity index is 1540. The maximum Gasteiger partial charge on any atom is 4.00 e. The summed E-state index contributed by atoms with van der Waals surface area (Å²) in [6.07, 6.45) is 6.61. The Balaban J connectivity index is 0.000000528. The Morgan fingerprint density at radius 2 is 0.818 bits per heavy atom. The van der Waals surface area contributed by atoms with Gasteiger partial charge in [0.1, 0.15) is 0 Å². The number of hydrogen-bond acceptors (Lipinski definition) is 0. The van der Waals surface area contributed by atoms with E-state index < -0.39 is 8.07 Å². The van der Waals surface area contributed by atoms with Crippen LogP contribution in [0.4, 0.5) is 0 Å². The molecule has 0 fully saturated rings. The number of aryl methyl sites for hydroxylation is 2. The zero-order valence-corrected chi connectivity index (χ0v) is 30.7. The second kappa shape index (κ2) is 17.6. The largest absolute Gasteiger partial charge is 4.00 e. The summed E-state index contributed by atoms with van der Waals surface area (Å²) in [4.78, 5) is 0. The Hall–Kier alpha value is -2.80. The van der Waals surface area contributed by atoms with Gasteiger partial charge in [-0.2, -0.15) is 12.8 Å². The van der Waals surface area contributed by atoms with E-state index in [0.717, 1.165) is 25.7 Å². The monoisotopic (exact) mass is 670 g/mol. The summed E-state index contributed by atoms with van der Waals surface area (Å²) < 4.78 is 0. The van der Waals surface area contributed by atoms with Gasteiger partial charge in [-0.25, -0.2) is 0 Å². The molecule has 2 heteroatoms. The van der Waals surface area contributed by atoms with Crippen molar-refractivity contribution in [1.82, 2.24) is 0 Å². The van der Waals surface area contributed by atoms with Gasteiger partial charge < -0.3 is 13.8 Å². The van der Waals surface area contributed by atoms with Crippen LogP contribution in [0.15, 0.2) is 121 Å². The van der Waals surface area contributed by atoms with Crippen LogP contribution in [-0.2, 0) is 39.0 Å². The first-order valence-electron chi connectivity index (χ1n) is 16.2. The van der Waals surface area contributed by atoms with Gasteiger partial charge in [0, 0.05) is 0 Å². The summed E-state index contributed by atoms with van der Waals surface area (Å²) in [5.41, 5.74) is 2.97. The molecule has 0 bridgehead atoms. The van der Waals surface area contributed by atoms with Crippen molar-refractivity contribution in [3.63, 3.8) is 0 Å². The van der Waals surface area contributed by atoms with Gasteiger partial charge in [-0.1, -0.05) is 124 Å². The topological polar surface area (TPSA) is 0 Å². The minimum absolute atomic E-state index is 0. The normalized spacial score (nSPS) is 10.9. The van der Waals surface area contributed by atoms with Gasteiger partial charge in [-0.3, -0.25) is 0 Å². The molecule has 0 spiro atoms. The number of rotatable bonds is 8. The zero-order chi connectivity index (χ0) is 30.7. The van der Waals surface area contributed by atoms with Gasteiger partial charge in [0.2, 0.25) is 0 Å². The van der Waals surface area contributed by atoms with Gasteiger partial charge in [-0.05, 0) is 12.8 Å². The molecule has 0 aliphatic carbocycles. The summed E-state index contributed by atoms with van der Waals surface area (Å²) in [6, 6.07) is 45.8. The number of unbranched alkanes of at least 4 members (excludes halogenated alkanes) is 2. The predicted molar refractivity (Wildman–Crippen MR) is 196 cm³/mol. The van der Waals surface area contributed by atoms with Gasteiger partial charge in [-0.15, -0.1) is 91.6 Å². The van der Waals surface area contributed by atoms with E-state index in [-0.39, 0.29) is 26.2 Å². The average molecular weight is 672 g/mol. The summed E-state index contributed by atoms with van der Waals surface area (Å²) in [6.45, 7) is 16.1. The summed E-state index contributed by atoms with van der Waals surface area (Å²) in [7, 11) is -2.66. The van der Waals surface area contributed by atoms with Crippen molar-refractivity contribution in [2.24, 2.45) is 0 Å². The van der Waals surface area contributed by atoms with E-state index >= 15 is 0 Å². The molecular formula is C42H48SiZr. The van der Waals surface area contributed by atoms with Gasteiger partial charge >= 0.3 is 26.2 Å². The van der Waals surface area contributed by atoms with Crippen molar-refractivity contribution in [1.29, 1.82) is 0 Å². The number of hydrogen-bond donors (Lipinski definition) is 0. The minimum atomic E-state index is -2.66. The second-order valence-electron chi connectivity index (χ2n) is 11.2. The van der Waals surface area contributed by atoms with E-state index in [1.54, 1.807) is 10.4 Å². The fraction of sp³-hybridized carbons (Fsp3) is 0.238. The average Bonchev–Trinajstić information content (AvgIpc) is 3.66. The SMILES string of the molecule is CCc1[cH-]c2ccccc2c1[Si](c1ccccc1)(c1ccccc1)c1c(CC)[cH-]c2ccccc12.[CH2-]CCC.[CH2-]CCC.[Zr+4]. The summed E-state index contributed by atoms with van der Waals surface area (Å²) in [5, 5.41) is 11.6. The van der Waals surface area contributed by atoms with E-state index in [9.17, 15) is 0 Å². The van der Waals surface area contributed by atoms with Crippen LogP contribution < -0.4 is 20.7 Å². The molecule has 224 valence electrons. The Kier molecular flexibility index (Phi) is 14.3. The molecule has 0 atom stereocenters. The zero-order valence-electron chi connectivity index (χ0n) is 27.2. The van der Waals surface area contributed by atoms with Crippen LogP contribution in [0.1, 0.15) is 64.5 Å². The van der Waals surface area contributed by atoms with E-state index in [2.05, 4.69) is 163 Å². The van der Waals surface area contributed by atoms with Gasteiger partial charge in [0.25, 0.3) is 0 Å². The van der Waals surface area contributed by atoms with Crippen LogP contribution in [0.25, 0.3) is 21.5 Å². The molecule has 0 aliphatic rings. The van der Waals surface area contributed by atoms with Crippen LogP contribution in [-0.4, -0.2) is 8.07 Å². The fourth-order valence-electron chi connectivity index (χ4n) is 6.26. The molecule has 0 nitrogen and oxygen atoms in total. The molecule has 6 aromatic rings. The molecule has 44 heavy (non-hydrogen) atoms. The molecular weight excluding hydrogens is 624 g/mol. The Morgan fingerprint density at radius 1 is 0.500 bits per heavy atom. The number of benzene rings is 4. The molecule has 0 saturated carbocycles. The number of fused-ring (bicyclic) bond motifs is 2. The summed E-state index contributed by atoms with van der Waals surface area (Å²) in [5.74, 6) is 0. The van der Waals surface area contributed by atoms with E-state index in [4.69, 9.17) is 0 Å². The molecule has 0 heterocycles. The first-order valence-corrected chi connectivity index (χ1v) is 18.2. The van der Waals surface area contributed by atoms with E-state index in [1.165, 1.54) is 55.9 Å². The molecule has 0 aliphatic heterocycles. The Labute approximate surface area is 287 Å². The molecule has 0 N–H and O–H groups in total. The van der Waals surface area contributed by atoms with Crippen molar-refractivity contribution in [2.75, 3.05) is 0 Å². The molecule has 6 rings (SSSR count). The van der Waals surface area contributed by atoms with Crippen molar-refractivity contribution in [3.8, 4) is 0 Å². The second-order valence-corrected chi connectivity index (χ2v) is 14.8. The standard InChI is InChI=1S/C34H30Si.2C4H9.Zr/c1-3-25-23-27-15-11-13-21-31(27)33(25)35(29-17-7-5-8-18-29,30-19-9-6-10-20-30)34-26(4-2)24-28-16-12-14-22-32(28)34;2*1-3-4-2;/h5-24H,3-4H2,1-2H3;2*1,3-4H2,2H3;/q-2;2*-1;+4.